The van der Waals surface area contributed by atoms with Crippen LogP contribution in [0, 0.1) is 11.3 Å². The molecule has 13 heavy (non-hydrogen) atoms. The summed E-state index contributed by atoms with van der Waals surface area (Å²) in [4.78, 5) is 10.6. The van der Waals surface area contributed by atoms with Crippen molar-refractivity contribution in [2.75, 3.05) is 0 Å². The number of halogens is 1. The molecule has 0 saturated heterocycles. The SMILES string of the molecule is N#Cc1cc(Cl)ccc1CC(N)=O. The minimum absolute atomic E-state index is 0.0695. The molecular formula is C9H7ClN2O. The lowest BCUT2D eigenvalue weighted by molar-refractivity contribution is -0.117. The molecule has 0 aromatic heterocycles. The lowest BCUT2D eigenvalue weighted by Crippen LogP contribution is -2.14. The third-order valence-corrected chi connectivity index (χ3v) is 1.79. The number of carbonyl (C=O) groups excluding carboxylic acids is 1. The monoisotopic (exact) mass is 194 g/mol. The van der Waals surface area contributed by atoms with Crippen LogP contribution in [0.25, 0.3) is 0 Å². The van der Waals surface area contributed by atoms with Crippen molar-refractivity contribution in [3.8, 4) is 6.07 Å². The maximum Gasteiger partial charge on any atom is 0.221 e. The van der Waals surface area contributed by atoms with E-state index < -0.39 is 5.91 Å². The van der Waals surface area contributed by atoms with Gasteiger partial charge in [-0.15, -0.1) is 0 Å². The second kappa shape index (κ2) is 3.92. The van der Waals surface area contributed by atoms with Crippen LogP contribution >= 0.6 is 11.6 Å². The summed E-state index contributed by atoms with van der Waals surface area (Å²) < 4.78 is 0. The molecule has 0 atom stereocenters. The number of carbonyl (C=O) groups is 1. The van der Waals surface area contributed by atoms with E-state index in [9.17, 15) is 4.79 Å². The molecule has 0 saturated carbocycles. The second-order valence-corrected chi connectivity index (χ2v) is 2.99. The molecule has 0 aliphatic heterocycles. The van der Waals surface area contributed by atoms with Gasteiger partial charge in [-0.05, 0) is 17.7 Å². The summed E-state index contributed by atoms with van der Waals surface area (Å²) in [7, 11) is 0. The highest BCUT2D eigenvalue weighted by Crippen LogP contribution is 2.15. The number of hydrogen-bond acceptors (Lipinski definition) is 2. The van der Waals surface area contributed by atoms with Gasteiger partial charge < -0.3 is 5.73 Å². The highest BCUT2D eigenvalue weighted by Gasteiger charge is 2.05. The van der Waals surface area contributed by atoms with Crippen LogP contribution in [0.4, 0.5) is 0 Å². The van der Waals surface area contributed by atoms with Gasteiger partial charge in [-0.1, -0.05) is 17.7 Å². The van der Waals surface area contributed by atoms with E-state index in [2.05, 4.69) is 0 Å². The first kappa shape index (κ1) is 9.56. The Morgan fingerprint density at radius 3 is 2.85 bits per heavy atom. The van der Waals surface area contributed by atoms with Crippen molar-refractivity contribution in [2.24, 2.45) is 5.73 Å². The number of nitriles is 1. The van der Waals surface area contributed by atoms with Gasteiger partial charge in [0.15, 0.2) is 0 Å². The number of amides is 1. The fourth-order valence-electron chi connectivity index (χ4n) is 0.995. The van der Waals surface area contributed by atoms with Gasteiger partial charge in [0.05, 0.1) is 18.1 Å². The van der Waals surface area contributed by atoms with Crippen molar-refractivity contribution >= 4 is 17.5 Å². The third kappa shape index (κ3) is 2.46. The Hall–Kier alpha value is -1.53. The standard InChI is InChI=1S/C9H7ClN2O/c10-8-2-1-6(4-9(12)13)7(3-8)5-11/h1-3H,4H2,(H2,12,13). The van der Waals surface area contributed by atoms with Crippen LogP contribution < -0.4 is 5.73 Å². The zero-order valence-corrected chi connectivity index (χ0v) is 7.51. The number of hydrogen-bond donors (Lipinski definition) is 1. The summed E-state index contributed by atoms with van der Waals surface area (Å²) >= 11 is 5.66. The Morgan fingerprint density at radius 1 is 1.62 bits per heavy atom. The first-order valence-electron chi connectivity index (χ1n) is 3.60. The zero-order chi connectivity index (χ0) is 9.84. The topological polar surface area (TPSA) is 66.9 Å². The summed E-state index contributed by atoms with van der Waals surface area (Å²) in [6.45, 7) is 0. The molecule has 0 aliphatic carbocycles. The van der Waals surface area contributed by atoms with Crippen LogP contribution in [0.3, 0.4) is 0 Å². The number of benzene rings is 1. The van der Waals surface area contributed by atoms with Crippen molar-refractivity contribution in [2.45, 2.75) is 6.42 Å². The maximum absolute atomic E-state index is 10.6. The molecule has 2 N–H and O–H groups in total. The van der Waals surface area contributed by atoms with Crippen molar-refractivity contribution < 1.29 is 4.79 Å². The Balaban J connectivity index is 3.08. The fraction of sp³-hybridized carbons (Fsp3) is 0.111. The van der Waals surface area contributed by atoms with Crippen molar-refractivity contribution in [1.82, 2.24) is 0 Å². The fourth-order valence-corrected chi connectivity index (χ4v) is 1.17. The van der Waals surface area contributed by atoms with E-state index in [-0.39, 0.29) is 6.42 Å². The largest absolute Gasteiger partial charge is 0.369 e. The number of nitrogens with zero attached hydrogens (tertiary/aromatic N) is 1. The molecule has 1 rings (SSSR count). The Bertz CT molecular complexity index is 382. The van der Waals surface area contributed by atoms with Gasteiger partial charge in [0.25, 0.3) is 0 Å². The van der Waals surface area contributed by atoms with Crippen LogP contribution in [0.2, 0.25) is 5.02 Å². The molecule has 1 aromatic rings. The Labute approximate surface area is 80.7 Å². The van der Waals surface area contributed by atoms with Gasteiger partial charge in [-0.25, -0.2) is 0 Å². The molecule has 66 valence electrons. The summed E-state index contributed by atoms with van der Waals surface area (Å²) in [5.41, 5.74) is 6.01. The first-order chi connectivity index (χ1) is 6.13. The smallest absolute Gasteiger partial charge is 0.221 e. The molecule has 0 aliphatic rings. The van der Waals surface area contributed by atoms with E-state index in [0.29, 0.717) is 16.1 Å². The van der Waals surface area contributed by atoms with Crippen LogP contribution in [-0.2, 0) is 11.2 Å². The molecule has 0 unspecified atom stereocenters. The van der Waals surface area contributed by atoms with E-state index in [1.54, 1.807) is 12.1 Å². The molecule has 1 aromatic carbocycles. The molecule has 0 radical (unpaired) electrons. The third-order valence-electron chi connectivity index (χ3n) is 1.56. The summed E-state index contributed by atoms with van der Waals surface area (Å²) in [6.07, 6.45) is 0.0695. The lowest BCUT2D eigenvalue weighted by Gasteiger charge is -2.00. The summed E-state index contributed by atoms with van der Waals surface area (Å²) in [5.74, 6) is -0.459. The van der Waals surface area contributed by atoms with Gasteiger partial charge in [-0.2, -0.15) is 5.26 Å². The van der Waals surface area contributed by atoms with E-state index in [0.717, 1.165) is 0 Å². The van der Waals surface area contributed by atoms with Crippen LogP contribution in [-0.4, -0.2) is 5.91 Å². The number of rotatable bonds is 2. The molecule has 0 fully saturated rings. The quantitative estimate of drug-likeness (QED) is 0.770. The number of primary amides is 1. The highest BCUT2D eigenvalue weighted by molar-refractivity contribution is 6.30. The van der Waals surface area contributed by atoms with Gasteiger partial charge in [-0.3, -0.25) is 4.79 Å². The van der Waals surface area contributed by atoms with E-state index in [1.807, 2.05) is 6.07 Å². The van der Waals surface area contributed by atoms with Crippen molar-refractivity contribution in [1.29, 1.82) is 5.26 Å². The normalized spacial score (nSPS) is 9.23. The van der Waals surface area contributed by atoms with Gasteiger partial charge >= 0.3 is 0 Å². The minimum Gasteiger partial charge on any atom is -0.369 e. The van der Waals surface area contributed by atoms with Gasteiger partial charge in [0, 0.05) is 5.02 Å². The molecule has 0 heterocycles. The first-order valence-corrected chi connectivity index (χ1v) is 3.98. The molecule has 4 heteroatoms. The van der Waals surface area contributed by atoms with Crippen LogP contribution in [0.15, 0.2) is 18.2 Å². The molecular weight excluding hydrogens is 188 g/mol. The molecule has 0 bridgehead atoms. The van der Waals surface area contributed by atoms with Crippen molar-refractivity contribution in [3.05, 3.63) is 34.3 Å². The minimum atomic E-state index is -0.459. The molecule has 0 spiro atoms. The van der Waals surface area contributed by atoms with Crippen LogP contribution in [0.1, 0.15) is 11.1 Å². The Kier molecular flexibility index (Phi) is 2.88. The average molecular weight is 195 g/mol. The highest BCUT2D eigenvalue weighted by atomic mass is 35.5. The van der Waals surface area contributed by atoms with Gasteiger partial charge in [0.2, 0.25) is 5.91 Å². The summed E-state index contributed by atoms with van der Waals surface area (Å²) in [6, 6.07) is 6.72. The lowest BCUT2D eigenvalue weighted by atomic mass is 10.1. The zero-order valence-electron chi connectivity index (χ0n) is 6.75. The van der Waals surface area contributed by atoms with Crippen LogP contribution in [0.5, 0.6) is 0 Å². The average Bonchev–Trinajstić information content (AvgIpc) is 2.07. The maximum atomic E-state index is 10.6. The van der Waals surface area contributed by atoms with E-state index >= 15 is 0 Å². The van der Waals surface area contributed by atoms with E-state index in [1.165, 1.54) is 6.07 Å². The second-order valence-electron chi connectivity index (χ2n) is 2.56. The van der Waals surface area contributed by atoms with Gasteiger partial charge in [0.1, 0.15) is 0 Å². The molecule has 3 nitrogen and oxygen atoms in total. The number of nitrogens with two attached hydrogens (primary N) is 1. The predicted octanol–water partition coefficient (Wildman–Crippen LogP) is 1.24. The molecule has 1 amide bonds. The van der Waals surface area contributed by atoms with E-state index in [4.69, 9.17) is 22.6 Å². The predicted molar refractivity (Wildman–Crippen MR) is 49.1 cm³/mol. The summed E-state index contributed by atoms with van der Waals surface area (Å²) in [5, 5.41) is 9.17. The Morgan fingerprint density at radius 2 is 2.31 bits per heavy atom. The van der Waals surface area contributed by atoms with Crippen molar-refractivity contribution in [3.63, 3.8) is 0 Å².